The number of nitrogens with zero attached hydrogens (tertiary/aromatic N) is 4. The summed E-state index contributed by atoms with van der Waals surface area (Å²) in [5, 5.41) is 1.01. The molecule has 1 saturated heterocycles. The number of hydrogen-bond acceptors (Lipinski definition) is 5. The number of aryl methyl sites for hydroxylation is 1. The first-order chi connectivity index (χ1) is 18.1. The van der Waals surface area contributed by atoms with E-state index in [2.05, 4.69) is 52.3 Å². The van der Waals surface area contributed by atoms with Crippen molar-refractivity contribution < 1.29 is 9.47 Å². The van der Waals surface area contributed by atoms with Gasteiger partial charge in [-0.15, -0.1) is 0 Å². The lowest BCUT2D eigenvalue weighted by atomic mass is 10.0. The largest absolute Gasteiger partial charge is 0.494 e. The summed E-state index contributed by atoms with van der Waals surface area (Å²) in [5.74, 6) is 0.904. The number of hydrogen-bond donors (Lipinski definition) is 0. The number of aromatic nitrogens is 3. The molecule has 7 heteroatoms. The summed E-state index contributed by atoms with van der Waals surface area (Å²) in [6.45, 7) is 4.33. The Morgan fingerprint density at radius 3 is 2.57 bits per heavy atom. The van der Waals surface area contributed by atoms with Gasteiger partial charge in [-0.05, 0) is 87.0 Å². The Morgan fingerprint density at radius 2 is 1.81 bits per heavy atom. The zero-order chi connectivity index (χ0) is 25.4. The van der Waals surface area contributed by atoms with Crippen LogP contribution in [-0.4, -0.2) is 58.5 Å². The van der Waals surface area contributed by atoms with Crippen molar-refractivity contribution in [1.29, 1.82) is 0 Å². The van der Waals surface area contributed by atoms with Crippen molar-refractivity contribution in [3.63, 3.8) is 0 Å². The molecule has 2 fully saturated rings. The predicted octanol–water partition coefficient (Wildman–Crippen LogP) is 5.16. The molecular weight excluding hydrogens is 464 g/mol. The van der Waals surface area contributed by atoms with Crippen molar-refractivity contribution >= 4 is 21.9 Å². The van der Waals surface area contributed by atoms with Gasteiger partial charge in [-0.25, -0.2) is 4.79 Å². The molecule has 0 bridgehead atoms. The Labute approximate surface area is 217 Å². The number of imidazole rings is 1. The Balaban J connectivity index is 1.27. The number of fused-ring (bicyclic) bond motifs is 3. The molecule has 6 rings (SSSR count). The van der Waals surface area contributed by atoms with Gasteiger partial charge in [-0.2, -0.15) is 0 Å². The molecule has 1 aliphatic heterocycles. The monoisotopic (exact) mass is 500 g/mol. The Kier molecular flexibility index (Phi) is 6.74. The van der Waals surface area contributed by atoms with Crippen molar-refractivity contribution in [2.24, 2.45) is 7.05 Å². The van der Waals surface area contributed by atoms with Gasteiger partial charge in [0.05, 0.1) is 35.5 Å². The van der Waals surface area contributed by atoms with Gasteiger partial charge >= 0.3 is 5.69 Å². The van der Waals surface area contributed by atoms with E-state index in [1.807, 2.05) is 17.8 Å². The first kappa shape index (κ1) is 24.2. The third-order valence-corrected chi connectivity index (χ3v) is 8.24. The first-order valence-electron chi connectivity index (χ1n) is 13.6. The molecule has 194 valence electrons. The molecule has 0 spiro atoms. The van der Waals surface area contributed by atoms with E-state index in [4.69, 9.17) is 9.47 Å². The number of pyridine rings is 1. The second-order valence-electron chi connectivity index (χ2n) is 10.5. The summed E-state index contributed by atoms with van der Waals surface area (Å²) in [5.41, 5.74) is 4.98. The average molecular weight is 501 g/mol. The van der Waals surface area contributed by atoms with E-state index in [1.165, 1.54) is 25.9 Å². The smallest absolute Gasteiger partial charge is 0.329 e. The standard InChI is InChI=1S/C30H36N4O3/c1-32-28-20-31-27-13-8-22(18-26(27)29(28)34(30(32)35)23-9-12-25(19-23)36-2)21-6-10-24(11-7-21)37-17-5-16-33-14-3-4-15-33/h6-8,10-11,13,18,20,23,25H,3-5,9,12,14-17,19H2,1-2H3. The number of methoxy groups -OCH3 is 1. The molecule has 2 aromatic carbocycles. The molecule has 7 nitrogen and oxygen atoms in total. The van der Waals surface area contributed by atoms with Crippen LogP contribution in [0.1, 0.15) is 44.6 Å². The zero-order valence-corrected chi connectivity index (χ0v) is 21.9. The van der Waals surface area contributed by atoms with Crippen molar-refractivity contribution in [3.8, 4) is 16.9 Å². The van der Waals surface area contributed by atoms with Gasteiger partial charge in [-0.3, -0.25) is 14.1 Å². The molecule has 0 N–H and O–H groups in total. The van der Waals surface area contributed by atoms with Crippen LogP contribution in [0.5, 0.6) is 5.75 Å². The van der Waals surface area contributed by atoms with Gasteiger partial charge in [0, 0.05) is 32.1 Å². The van der Waals surface area contributed by atoms with Crippen LogP contribution in [0.25, 0.3) is 33.1 Å². The highest BCUT2D eigenvalue weighted by molar-refractivity contribution is 6.04. The van der Waals surface area contributed by atoms with E-state index in [1.54, 1.807) is 11.7 Å². The number of ether oxygens (including phenoxy) is 2. The number of likely N-dealkylation sites (tertiary alicyclic amines) is 1. The lowest BCUT2D eigenvalue weighted by molar-refractivity contribution is 0.106. The summed E-state index contributed by atoms with van der Waals surface area (Å²) in [6.07, 6.45) is 8.53. The van der Waals surface area contributed by atoms with Crippen LogP contribution in [-0.2, 0) is 11.8 Å². The Hall–Kier alpha value is -3.16. The third-order valence-electron chi connectivity index (χ3n) is 8.24. The number of rotatable bonds is 8. The summed E-state index contributed by atoms with van der Waals surface area (Å²) in [4.78, 5) is 20.5. The molecule has 1 saturated carbocycles. The van der Waals surface area contributed by atoms with Crippen LogP contribution in [0.15, 0.2) is 53.5 Å². The van der Waals surface area contributed by atoms with E-state index >= 15 is 0 Å². The Bertz CT molecular complexity index is 1450. The van der Waals surface area contributed by atoms with Gasteiger partial charge in [0.1, 0.15) is 5.75 Å². The maximum Gasteiger partial charge on any atom is 0.329 e. The van der Waals surface area contributed by atoms with Crippen LogP contribution in [0.2, 0.25) is 0 Å². The molecule has 0 amide bonds. The minimum Gasteiger partial charge on any atom is -0.494 e. The molecule has 2 unspecified atom stereocenters. The highest BCUT2D eigenvalue weighted by atomic mass is 16.5. The SMILES string of the molecule is COC1CCC(n2c(=O)n(C)c3cnc4ccc(-c5ccc(OCCCN6CCCC6)cc5)cc4c32)C1. The van der Waals surface area contributed by atoms with Crippen LogP contribution in [0.4, 0.5) is 0 Å². The Morgan fingerprint density at radius 1 is 1.03 bits per heavy atom. The zero-order valence-electron chi connectivity index (χ0n) is 21.9. The normalized spacial score (nSPS) is 20.4. The molecule has 3 heterocycles. The van der Waals surface area contributed by atoms with E-state index in [9.17, 15) is 4.79 Å². The second kappa shape index (κ2) is 10.3. The minimum atomic E-state index is 0.0164. The van der Waals surface area contributed by atoms with Crippen LogP contribution in [0.3, 0.4) is 0 Å². The molecule has 37 heavy (non-hydrogen) atoms. The third kappa shape index (κ3) is 4.66. The quantitative estimate of drug-likeness (QED) is 0.313. The fourth-order valence-corrected chi connectivity index (χ4v) is 6.14. The topological polar surface area (TPSA) is 61.5 Å². The minimum absolute atomic E-state index is 0.0164. The highest BCUT2D eigenvalue weighted by Gasteiger charge is 2.29. The van der Waals surface area contributed by atoms with Crippen molar-refractivity contribution in [2.45, 2.75) is 50.7 Å². The lowest BCUT2D eigenvalue weighted by Crippen LogP contribution is -2.25. The van der Waals surface area contributed by atoms with E-state index in [-0.39, 0.29) is 17.8 Å². The lowest BCUT2D eigenvalue weighted by Gasteiger charge is -2.15. The van der Waals surface area contributed by atoms with E-state index < -0.39 is 0 Å². The van der Waals surface area contributed by atoms with Crippen molar-refractivity contribution in [1.82, 2.24) is 19.0 Å². The van der Waals surface area contributed by atoms with Gasteiger partial charge < -0.3 is 14.4 Å². The van der Waals surface area contributed by atoms with Crippen molar-refractivity contribution in [3.05, 3.63) is 59.1 Å². The van der Waals surface area contributed by atoms with Gasteiger partial charge in [0.2, 0.25) is 0 Å². The summed E-state index contributed by atoms with van der Waals surface area (Å²) in [6, 6.07) is 14.8. The average Bonchev–Trinajstić information content (AvgIpc) is 3.68. The molecule has 2 aliphatic rings. The fraction of sp³-hybridized carbons (Fsp3) is 0.467. The summed E-state index contributed by atoms with van der Waals surface area (Å²) in [7, 11) is 3.60. The molecule has 0 radical (unpaired) electrons. The first-order valence-corrected chi connectivity index (χ1v) is 13.6. The predicted molar refractivity (Wildman–Crippen MR) is 147 cm³/mol. The molecule has 1 aliphatic carbocycles. The maximum absolute atomic E-state index is 13.3. The fourth-order valence-electron chi connectivity index (χ4n) is 6.14. The van der Waals surface area contributed by atoms with E-state index in [0.717, 1.165) is 77.6 Å². The summed E-state index contributed by atoms with van der Waals surface area (Å²) >= 11 is 0. The molecule has 2 aromatic heterocycles. The van der Waals surface area contributed by atoms with Crippen LogP contribution in [0, 0.1) is 0 Å². The maximum atomic E-state index is 13.3. The van der Waals surface area contributed by atoms with Crippen LogP contribution >= 0.6 is 0 Å². The van der Waals surface area contributed by atoms with Gasteiger partial charge in [-0.1, -0.05) is 18.2 Å². The molecule has 2 atom stereocenters. The van der Waals surface area contributed by atoms with Gasteiger partial charge in [0.25, 0.3) is 0 Å². The molecule has 4 aromatic rings. The highest BCUT2D eigenvalue weighted by Crippen LogP contribution is 2.36. The summed E-state index contributed by atoms with van der Waals surface area (Å²) < 4.78 is 15.3. The molecular formula is C30H36N4O3. The van der Waals surface area contributed by atoms with Crippen LogP contribution < -0.4 is 10.4 Å². The number of benzene rings is 2. The van der Waals surface area contributed by atoms with Crippen molar-refractivity contribution in [2.75, 3.05) is 33.4 Å². The second-order valence-corrected chi connectivity index (χ2v) is 10.5. The van der Waals surface area contributed by atoms with Gasteiger partial charge in [0.15, 0.2) is 0 Å². The van der Waals surface area contributed by atoms with E-state index in [0.29, 0.717) is 0 Å².